The molecular weight excluding hydrogens is 480 g/mol. The number of carbonyl (C=O) groups excluding carboxylic acids is 1. The number of hydrogen-bond donors (Lipinski definition) is 3. The van der Waals surface area contributed by atoms with Gasteiger partial charge in [0.15, 0.2) is 5.13 Å². The van der Waals surface area contributed by atoms with E-state index in [1.807, 2.05) is 52.5 Å². The molecule has 6 rings (SSSR count). The number of nitrogens with two attached hydrogens (primary N) is 1. The van der Waals surface area contributed by atoms with E-state index in [1.54, 1.807) is 18.2 Å². The van der Waals surface area contributed by atoms with Crippen molar-refractivity contribution in [2.75, 3.05) is 16.4 Å². The fraction of sp³-hybridized carbons (Fsp3) is 0.160. The van der Waals surface area contributed by atoms with Gasteiger partial charge >= 0.3 is 0 Å². The summed E-state index contributed by atoms with van der Waals surface area (Å²) in [6.45, 7) is 0. The van der Waals surface area contributed by atoms with Crippen LogP contribution in [-0.4, -0.2) is 26.4 Å². The zero-order chi connectivity index (χ0) is 23.8. The maximum absolute atomic E-state index is 12.6. The van der Waals surface area contributed by atoms with Gasteiger partial charge in [-0.25, -0.2) is 9.97 Å². The normalized spacial score (nSPS) is 13.5. The molecule has 0 spiro atoms. The minimum Gasteiger partial charge on any atom is -0.490 e. The highest BCUT2D eigenvalue weighted by Crippen LogP contribution is 2.32. The summed E-state index contributed by atoms with van der Waals surface area (Å²) >= 11 is 2.85. The van der Waals surface area contributed by atoms with E-state index >= 15 is 0 Å². The van der Waals surface area contributed by atoms with Crippen LogP contribution in [0.3, 0.4) is 0 Å². The van der Waals surface area contributed by atoms with Crippen LogP contribution in [0.15, 0.2) is 66.3 Å². The zero-order valence-corrected chi connectivity index (χ0v) is 20.2. The Morgan fingerprint density at radius 3 is 2.89 bits per heavy atom. The largest absolute Gasteiger partial charge is 0.490 e. The summed E-state index contributed by atoms with van der Waals surface area (Å²) in [4.78, 5) is 22.5. The van der Waals surface area contributed by atoms with Crippen molar-refractivity contribution in [3.8, 4) is 17.1 Å². The summed E-state index contributed by atoms with van der Waals surface area (Å²) < 4.78 is 8.00. The second kappa shape index (κ2) is 9.05. The minimum absolute atomic E-state index is 0.202. The van der Waals surface area contributed by atoms with E-state index < -0.39 is 0 Å². The van der Waals surface area contributed by atoms with Crippen LogP contribution in [0.1, 0.15) is 28.9 Å². The lowest BCUT2D eigenvalue weighted by Crippen LogP contribution is -2.24. The average Bonchev–Trinajstić information content (AvgIpc) is 3.57. The van der Waals surface area contributed by atoms with E-state index in [0.717, 1.165) is 45.8 Å². The molecule has 5 aromatic rings. The molecule has 1 saturated carbocycles. The molecule has 0 saturated heterocycles. The molecule has 1 aliphatic rings. The van der Waals surface area contributed by atoms with Gasteiger partial charge in [0.25, 0.3) is 5.91 Å². The van der Waals surface area contributed by atoms with Crippen LogP contribution in [0, 0.1) is 0 Å². The third kappa shape index (κ3) is 4.45. The molecule has 4 aromatic heterocycles. The number of hydrogen-bond acceptors (Lipinski definition) is 8. The Kier molecular flexibility index (Phi) is 5.59. The number of anilines is 4. The van der Waals surface area contributed by atoms with Gasteiger partial charge in [-0.2, -0.15) is 0 Å². The molecule has 1 fully saturated rings. The van der Waals surface area contributed by atoms with Gasteiger partial charge in [-0.3, -0.25) is 9.20 Å². The fourth-order valence-electron chi connectivity index (χ4n) is 3.78. The van der Waals surface area contributed by atoms with Crippen LogP contribution < -0.4 is 21.1 Å². The highest BCUT2D eigenvalue weighted by Gasteiger charge is 2.20. The molecule has 35 heavy (non-hydrogen) atoms. The number of para-hydroxylation sites is 2. The molecule has 1 amide bonds. The van der Waals surface area contributed by atoms with Crippen molar-refractivity contribution in [2.24, 2.45) is 0 Å². The number of imidazole rings is 1. The molecule has 0 bridgehead atoms. The number of ether oxygens (including phenoxy) is 1. The number of thiophene rings is 1. The molecule has 176 valence electrons. The van der Waals surface area contributed by atoms with Crippen molar-refractivity contribution in [3.05, 3.63) is 71.2 Å². The quantitative estimate of drug-likeness (QED) is 0.235. The van der Waals surface area contributed by atoms with Crippen molar-refractivity contribution in [1.82, 2.24) is 14.4 Å². The number of amides is 1. The number of nitrogen functional groups attached to an aromatic ring is 1. The fourth-order valence-corrected chi connectivity index (χ4v) is 5.36. The van der Waals surface area contributed by atoms with E-state index in [0.29, 0.717) is 22.4 Å². The number of aromatic nitrogens is 3. The molecule has 4 N–H and O–H groups in total. The molecule has 1 aliphatic carbocycles. The van der Waals surface area contributed by atoms with Crippen LogP contribution >= 0.6 is 22.7 Å². The first-order chi connectivity index (χ1) is 17.1. The monoisotopic (exact) mass is 502 g/mol. The van der Waals surface area contributed by atoms with E-state index in [-0.39, 0.29) is 5.91 Å². The number of benzene rings is 1. The minimum atomic E-state index is -0.202. The maximum atomic E-state index is 12.6. The van der Waals surface area contributed by atoms with Crippen LogP contribution in [0.25, 0.3) is 17.0 Å². The highest BCUT2D eigenvalue weighted by atomic mass is 32.1. The lowest BCUT2D eigenvalue weighted by molar-refractivity contribution is 0.103. The van der Waals surface area contributed by atoms with E-state index in [2.05, 4.69) is 15.6 Å². The molecule has 1 aromatic carbocycles. The highest BCUT2D eigenvalue weighted by molar-refractivity contribution is 7.19. The number of rotatable bonds is 7. The SMILES string of the molecule is Nc1ccccc1NC(=O)c1ccc(Nc2nc(-c3cnc4cc(OC5CCC5)ccn34)cs2)s1. The lowest BCUT2D eigenvalue weighted by Gasteiger charge is -2.26. The predicted molar refractivity (Wildman–Crippen MR) is 141 cm³/mol. The van der Waals surface area contributed by atoms with Gasteiger partial charge in [0.05, 0.1) is 39.2 Å². The Bertz CT molecular complexity index is 1520. The molecule has 4 heterocycles. The van der Waals surface area contributed by atoms with Gasteiger partial charge in [-0.15, -0.1) is 22.7 Å². The molecule has 10 heteroatoms. The summed E-state index contributed by atoms with van der Waals surface area (Å²) in [5, 5.41) is 9.71. The molecule has 8 nitrogen and oxygen atoms in total. The van der Waals surface area contributed by atoms with Gasteiger partial charge in [-0.1, -0.05) is 12.1 Å². The second-order valence-corrected chi connectivity index (χ2v) is 10.2. The Labute approximate surface area is 209 Å². The summed E-state index contributed by atoms with van der Waals surface area (Å²) in [7, 11) is 0. The smallest absolute Gasteiger partial charge is 0.265 e. The third-order valence-electron chi connectivity index (χ3n) is 5.88. The Morgan fingerprint density at radius 1 is 1.17 bits per heavy atom. The molecule has 0 unspecified atom stereocenters. The van der Waals surface area contributed by atoms with Crippen LogP contribution in [0.4, 0.5) is 21.5 Å². The number of pyridine rings is 1. The molecule has 0 aliphatic heterocycles. The first-order valence-electron chi connectivity index (χ1n) is 11.2. The Hall–Kier alpha value is -3.89. The summed E-state index contributed by atoms with van der Waals surface area (Å²) in [6.07, 6.45) is 7.61. The molecular formula is C25H22N6O2S2. The van der Waals surface area contributed by atoms with E-state index in [1.165, 1.54) is 29.1 Å². The van der Waals surface area contributed by atoms with Crippen LogP contribution in [0.5, 0.6) is 5.75 Å². The van der Waals surface area contributed by atoms with Gasteiger partial charge in [0.1, 0.15) is 17.1 Å². The van der Waals surface area contributed by atoms with Gasteiger partial charge in [0, 0.05) is 17.6 Å². The average molecular weight is 503 g/mol. The maximum Gasteiger partial charge on any atom is 0.265 e. The Morgan fingerprint density at radius 2 is 2.06 bits per heavy atom. The van der Waals surface area contributed by atoms with Crippen molar-refractivity contribution in [3.63, 3.8) is 0 Å². The number of carbonyl (C=O) groups is 1. The summed E-state index contributed by atoms with van der Waals surface area (Å²) in [6, 6.07) is 14.8. The number of fused-ring (bicyclic) bond motifs is 1. The van der Waals surface area contributed by atoms with E-state index in [9.17, 15) is 4.79 Å². The predicted octanol–water partition coefficient (Wildman–Crippen LogP) is 6.03. The summed E-state index contributed by atoms with van der Waals surface area (Å²) in [5.74, 6) is 0.652. The van der Waals surface area contributed by atoms with Crippen LogP contribution in [-0.2, 0) is 0 Å². The van der Waals surface area contributed by atoms with Crippen molar-refractivity contribution in [1.29, 1.82) is 0 Å². The standard InChI is InChI=1S/C25H22N6O2S2/c26-17-6-1-2-7-18(17)28-24(32)21-8-9-23(35-21)30-25-29-19(14-34-25)20-13-27-22-12-16(10-11-31(20)22)33-15-4-3-5-15/h1-2,6-15H,3-5,26H2,(H,28,32)(H,29,30). The summed E-state index contributed by atoms with van der Waals surface area (Å²) in [5.41, 5.74) is 9.61. The van der Waals surface area contributed by atoms with Gasteiger partial charge < -0.3 is 21.1 Å². The Balaban J connectivity index is 1.15. The molecule has 0 atom stereocenters. The number of nitrogens with one attached hydrogen (secondary N) is 2. The first kappa shape index (κ1) is 21.6. The topological polar surface area (TPSA) is 107 Å². The first-order valence-corrected chi connectivity index (χ1v) is 12.9. The second-order valence-electron chi connectivity index (χ2n) is 8.27. The lowest BCUT2D eigenvalue weighted by atomic mass is 9.96. The van der Waals surface area contributed by atoms with Crippen LogP contribution in [0.2, 0.25) is 0 Å². The molecule has 0 radical (unpaired) electrons. The van der Waals surface area contributed by atoms with Gasteiger partial charge in [-0.05, 0) is 49.6 Å². The van der Waals surface area contributed by atoms with E-state index in [4.69, 9.17) is 15.5 Å². The van der Waals surface area contributed by atoms with Crippen molar-refractivity contribution >= 4 is 55.7 Å². The number of thiazole rings is 1. The van der Waals surface area contributed by atoms with Gasteiger partial charge in [0.2, 0.25) is 0 Å². The number of nitrogens with zero attached hydrogens (tertiary/aromatic N) is 3. The zero-order valence-electron chi connectivity index (χ0n) is 18.6. The third-order valence-corrected chi connectivity index (χ3v) is 7.63. The van der Waals surface area contributed by atoms with Crippen molar-refractivity contribution < 1.29 is 9.53 Å². The van der Waals surface area contributed by atoms with Crippen molar-refractivity contribution in [2.45, 2.75) is 25.4 Å².